The third kappa shape index (κ3) is 3.42. The molecule has 0 fully saturated rings. The second-order valence-corrected chi connectivity index (χ2v) is 6.47. The number of benzene rings is 1. The second-order valence-electron chi connectivity index (χ2n) is 5.22. The van der Waals surface area contributed by atoms with E-state index >= 15 is 0 Å². The molecule has 3 rings (SSSR count). The molecule has 0 radical (unpaired) electrons. The fourth-order valence-electron chi connectivity index (χ4n) is 2.19. The zero-order chi connectivity index (χ0) is 16.4. The fourth-order valence-corrected chi connectivity index (χ4v) is 2.65. The topological polar surface area (TPSA) is 63.5 Å². The van der Waals surface area contributed by atoms with Gasteiger partial charge < -0.3 is 5.32 Å². The highest BCUT2D eigenvalue weighted by molar-refractivity contribution is 14.1. The van der Waals surface area contributed by atoms with Crippen molar-refractivity contribution in [1.82, 2.24) is 14.7 Å². The number of pyridine rings is 1. The molecule has 3 aromatic rings. The Labute approximate surface area is 146 Å². The Bertz CT molecular complexity index is 933. The molecule has 0 unspecified atom stereocenters. The van der Waals surface area contributed by atoms with E-state index in [9.17, 15) is 9.59 Å². The number of aryl methyl sites for hydroxylation is 1. The fraction of sp³-hybridized carbons (Fsp3) is 0.118. The van der Waals surface area contributed by atoms with Gasteiger partial charge in [-0.05, 0) is 47.2 Å². The lowest BCUT2D eigenvalue weighted by Gasteiger charge is -2.07. The first kappa shape index (κ1) is 15.7. The Hall–Kier alpha value is -2.22. The lowest BCUT2D eigenvalue weighted by Crippen LogP contribution is -2.31. The van der Waals surface area contributed by atoms with Crippen LogP contribution in [-0.4, -0.2) is 15.3 Å². The quantitative estimate of drug-likeness (QED) is 0.664. The Morgan fingerprint density at radius 3 is 2.70 bits per heavy atom. The number of carbonyl (C=O) groups is 1. The maximum absolute atomic E-state index is 12.4. The van der Waals surface area contributed by atoms with Crippen LogP contribution in [-0.2, 0) is 6.54 Å². The number of rotatable bonds is 3. The van der Waals surface area contributed by atoms with E-state index in [1.165, 1.54) is 10.6 Å². The molecule has 116 valence electrons. The molecule has 0 saturated carbocycles. The van der Waals surface area contributed by atoms with Gasteiger partial charge >= 0.3 is 0 Å². The van der Waals surface area contributed by atoms with Gasteiger partial charge in [0.05, 0.1) is 0 Å². The predicted molar refractivity (Wildman–Crippen MR) is 96.5 cm³/mol. The molecule has 0 saturated heterocycles. The van der Waals surface area contributed by atoms with Gasteiger partial charge in [0.25, 0.3) is 11.5 Å². The highest BCUT2D eigenvalue weighted by Gasteiger charge is 2.13. The molecule has 0 spiro atoms. The van der Waals surface area contributed by atoms with E-state index in [0.29, 0.717) is 12.2 Å². The maximum Gasteiger partial charge on any atom is 0.270 e. The summed E-state index contributed by atoms with van der Waals surface area (Å²) in [4.78, 5) is 28.9. The summed E-state index contributed by atoms with van der Waals surface area (Å²) in [7, 11) is 0. The summed E-state index contributed by atoms with van der Waals surface area (Å²) in [6.07, 6.45) is 3.00. The van der Waals surface area contributed by atoms with Crippen LogP contribution in [0.1, 0.15) is 21.5 Å². The molecule has 0 aliphatic carbocycles. The van der Waals surface area contributed by atoms with Crippen LogP contribution < -0.4 is 10.9 Å². The number of hydrogen-bond acceptors (Lipinski definition) is 3. The van der Waals surface area contributed by atoms with Gasteiger partial charge in [0, 0.05) is 22.5 Å². The van der Waals surface area contributed by atoms with Crippen LogP contribution in [0.3, 0.4) is 0 Å². The Kier molecular flexibility index (Phi) is 4.42. The lowest BCUT2D eigenvalue weighted by atomic mass is 10.1. The first-order valence-electron chi connectivity index (χ1n) is 7.05. The van der Waals surface area contributed by atoms with Gasteiger partial charge in [-0.1, -0.05) is 29.8 Å². The van der Waals surface area contributed by atoms with Gasteiger partial charge in [0.2, 0.25) is 0 Å². The number of fused-ring (bicyclic) bond motifs is 1. The molecular formula is C17H14IN3O2. The summed E-state index contributed by atoms with van der Waals surface area (Å²) < 4.78 is 2.29. The van der Waals surface area contributed by atoms with Crippen molar-refractivity contribution in [1.29, 1.82) is 0 Å². The summed E-state index contributed by atoms with van der Waals surface area (Å²) in [6, 6.07) is 11.5. The van der Waals surface area contributed by atoms with Crippen LogP contribution in [0, 0.1) is 10.5 Å². The number of hydrogen-bond donors (Lipinski definition) is 1. The molecule has 2 heterocycles. The molecule has 5 nitrogen and oxygen atoms in total. The minimum atomic E-state index is -0.420. The molecule has 0 atom stereocenters. The van der Waals surface area contributed by atoms with Gasteiger partial charge in [0.15, 0.2) is 0 Å². The van der Waals surface area contributed by atoms with Crippen molar-refractivity contribution in [2.75, 3.05) is 0 Å². The van der Waals surface area contributed by atoms with Crippen LogP contribution in [0.4, 0.5) is 0 Å². The minimum absolute atomic E-state index is 0.0385. The zero-order valence-corrected chi connectivity index (χ0v) is 14.6. The third-order valence-electron chi connectivity index (χ3n) is 3.48. The Morgan fingerprint density at radius 2 is 1.96 bits per heavy atom. The number of aromatic nitrogens is 2. The van der Waals surface area contributed by atoms with Crippen molar-refractivity contribution < 1.29 is 4.79 Å². The molecule has 1 amide bonds. The summed E-state index contributed by atoms with van der Waals surface area (Å²) in [5.74, 6) is -0.420. The number of nitrogens with one attached hydrogen (secondary N) is 1. The van der Waals surface area contributed by atoms with Crippen molar-refractivity contribution in [3.63, 3.8) is 0 Å². The summed E-state index contributed by atoms with van der Waals surface area (Å²) in [5.41, 5.74) is 2.33. The highest BCUT2D eigenvalue weighted by Crippen LogP contribution is 2.06. The molecule has 1 aromatic carbocycles. The van der Waals surface area contributed by atoms with E-state index in [1.54, 1.807) is 12.3 Å². The standard InChI is InChI=1S/C17H14IN3O2/c1-11-2-4-12(5-3-11)8-20-16(22)14-9-19-15-7-6-13(18)10-21(15)17(14)23/h2-7,9-10H,8H2,1H3,(H,20,22). The summed E-state index contributed by atoms with van der Waals surface area (Å²) >= 11 is 2.11. The van der Waals surface area contributed by atoms with Crippen molar-refractivity contribution in [3.05, 3.63) is 79.4 Å². The van der Waals surface area contributed by atoms with Gasteiger partial charge in [-0.15, -0.1) is 0 Å². The van der Waals surface area contributed by atoms with Crippen LogP contribution in [0.25, 0.3) is 5.65 Å². The monoisotopic (exact) mass is 419 g/mol. The highest BCUT2D eigenvalue weighted by atomic mass is 127. The van der Waals surface area contributed by atoms with Crippen LogP contribution in [0.15, 0.2) is 53.6 Å². The molecule has 6 heteroatoms. The van der Waals surface area contributed by atoms with Crippen molar-refractivity contribution in [2.45, 2.75) is 13.5 Å². The first-order valence-corrected chi connectivity index (χ1v) is 8.13. The van der Waals surface area contributed by atoms with E-state index in [0.717, 1.165) is 14.7 Å². The van der Waals surface area contributed by atoms with E-state index in [1.807, 2.05) is 37.3 Å². The van der Waals surface area contributed by atoms with Gasteiger partial charge in [0.1, 0.15) is 11.2 Å². The second kappa shape index (κ2) is 6.49. The summed E-state index contributed by atoms with van der Waals surface area (Å²) in [6.45, 7) is 2.37. The largest absolute Gasteiger partial charge is 0.348 e. The zero-order valence-electron chi connectivity index (χ0n) is 12.4. The first-order chi connectivity index (χ1) is 11.0. The lowest BCUT2D eigenvalue weighted by molar-refractivity contribution is 0.0949. The molecule has 0 aliphatic heterocycles. The van der Waals surface area contributed by atoms with Gasteiger partial charge in [-0.25, -0.2) is 4.98 Å². The minimum Gasteiger partial charge on any atom is -0.348 e. The van der Waals surface area contributed by atoms with Crippen molar-refractivity contribution in [3.8, 4) is 0 Å². The van der Waals surface area contributed by atoms with E-state index in [2.05, 4.69) is 32.9 Å². The molecule has 2 aromatic heterocycles. The van der Waals surface area contributed by atoms with Gasteiger partial charge in [-0.3, -0.25) is 14.0 Å². The molecule has 0 bridgehead atoms. The van der Waals surface area contributed by atoms with E-state index in [4.69, 9.17) is 0 Å². The number of halogens is 1. The van der Waals surface area contributed by atoms with Crippen LogP contribution >= 0.6 is 22.6 Å². The molecular weight excluding hydrogens is 405 g/mol. The smallest absolute Gasteiger partial charge is 0.270 e. The van der Waals surface area contributed by atoms with Crippen LogP contribution in [0.2, 0.25) is 0 Å². The van der Waals surface area contributed by atoms with Crippen molar-refractivity contribution in [2.24, 2.45) is 0 Å². The Morgan fingerprint density at radius 1 is 1.22 bits per heavy atom. The SMILES string of the molecule is Cc1ccc(CNC(=O)c2cnc3ccc(I)cn3c2=O)cc1. The number of nitrogens with zero attached hydrogens (tertiary/aromatic N) is 2. The van der Waals surface area contributed by atoms with Crippen LogP contribution in [0.5, 0.6) is 0 Å². The average Bonchev–Trinajstić information content (AvgIpc) is 2.55. The van der Waals surface area contributed by atoms with Crippen molar-refractivity contribution >= 4 is 34.1 Å². The van der Waals surface area contributed by atoms with Gasteiger partial charge in [-0.2, -0.15) is 0 Å². The predicted octanol–water partition coefficient (Wildman–Crippen LogP) is 2.54. The summed E-state index contributed by atoms with van der Waals surface area (Å²) in [5, 5.41) is 2.76. The average molecular weight is 419 g/mol. The number of amides is 1. The third-order valence-corrected chi connectivity index (χ3v) is 4.12. The normalized spacial score (nSPS) is 10.7. The molecule has 1 N–H and O–H groups in total. The molecule has 0 aliphatic rings. The Balaban J connectivity index is 1.84. The van der Waals surface area contributed by atoms with E-state index < -0.39 is 5.91 Å². The molecule has 23 heavy (non-hydrogen) atoms. The van der Waals surface area contributed by atoms with E-state index in [-0.39, 0.29) is 11.1 Å². The number of carbonyl (C=O) groups excluding carboxylic acids is 1. The maximum atomic E-state index is 12.4.